The Hall–Kier alpha value is -1.16. The van der Waals surface area contributed by atoms with E-state index in [0.29, 0.717) is 5.82 Å². The lowest BCUT2D eigenvalue weighted by Gasteiger charge is -2.25. The van der Waals surface area contributed by atoms with E-state index in [1.807, 2.05) is 18.5 Å². The molecular weight excluding hydrogens is 200 g/mol. The molecule has 0 radical (unpaired) electrons. The maximum Gasteiger partial charge on any atom is 0.297 e. The minimum absolute atomic E-state index is 0.682. The summed E-state index contributed by atoms with van der Waals surface area (Å²) in [5.74, 6) is 1.64. The van der Waals surface area contributed by atoms with Crippen LogP contribution in [0.15, 0.2) is 6.20 Å². The van der Waals surface area contributed by atoms with Crippen LogP contribution in [0.25, 0.3) is 0 Å². The first kappa shape index (κ1) is 11.3. The van der Waals surface area contributed by atoms with Crippen LogP contribution < -0.4 is 10.3 Å². The molecule has 0 bridgehead atoms. The monoisotopic (exact) mass is 221 g/mol. The van der Waals surface area contributed by atoms with Crippen LogP contribution in [0.5, 0.6) is 0 Å². The number of anilines is 1. The largest absolute Gasteiger partial charge is 0.363 e. The molecule has 0 unspecified atom stereocenters. The van der Waals surface area contributed by atoms with E-state index in [-0.39, 0.29) is 0 Å². The fraction of sp³-hybridized carbons (Fsp3) is 0.667. The van der Waals surface area contributed by atoms with Gasteiger partial charge in [0.15, 0.2) is 0 Å². The zero-order valence-electron chi connectivity index (χ0n) is 10.2. The summed E-state index contributed by atoms with van der Waals surface area (Å²) in [5, 5.41) is 0. The van der Waals surface area contributed by atoms with Gasteiger partial charge in [0.25, 0.3) is 5.82 Å². The van der Waals surface area contributed by atoms with E-state index in [1.54, 1.807) is 0 Å². The van der Waals surface area contributed by atoms with Gasteiger partial charge in [-0.3, -0.25) is 4.90 Å². The molecule has 2 heterocycles. The van der Waals surface area contributed by atoms with Crippen LogP contribution >= 0.6 is 0 Å². The third-order valence-corrected chi connectivity index (χ3v) is 3.31. The molecule has 1 fully saturated rings. The van der Waals surface area contributed by atoms with Crippen LogP contribution in [0.4, 0.5) is 5.82 Å². The third kappa shape index (κ3) is 2.50. The van der Waals surface area contributed by atoms with Gasteiger partial charge in [-0.2, -0.15) is 0 Å². The second-order valence-electron chi connectivity index (χ2n) is 4.65. The Kier molecular flexibility index (Phi) is 3.39. The lowest BCUT2D eigenvalue weighted by atomic mass is 10.1. The standard InChI is InChI=1S/C12H20N4/c1-10-14-12(13)11(8-15(10)2)9-16-6-4-3-5-7-16/h8,13H,3-7,9H2,1-2H3/p+1. The Labute approximate surface area is 97.1 Å². The Bertz CT molecular complexity index is 370. The summed E-state index contributed by atoms with van der Waals surface area (Å²) in [6.45, 7) is 5.29. The van der Waals surface area contributed by atoms with Crippen LogP contribution in [-0.2, 0) is 13.6 Å². The third-order valence-electron chi connectivity index (χ3n) is 3.31. The normalized spacial score (nSPS) is 17.6. The van der Waals surface area contributed by atoms with E-state index in [2.05, 4.69) is 16.1 Å². The minimum atomic E-state index is 0.682. The fourth-order valence-electron chi connectivity index (χ4n) is 2.20. The second kappa shape index (κ2) is 4.78. The van der Waals surface area contributed by atoms with E-state index in [0.717, 1.165) is 17.9 Å². The number of nitrogens with two attached hydrogens (primary N) is 1. The quantitative estimate of drug-likeness (QED) is 0.751. The highest BCUT2D eigenvalue weighted by Crippen LogP contribution is 2.14. The van der Waals surface area contributed by atoms with Gasteiger partial charge in [-0.15, -0.1) is 0 Å². The SMILES string of the molecule is Cc1nc(N)c(CN2CCCCC2)c[n+]1C. The molecule has 0 amide bonds. The maximum atomic E-state index is 5.96. The lowest BCUT2D eigenvalue weighted by molar-refractivity contribution is -0.681. The number of hydrogen-bond acceptors (Lipinski definition) is 3. The zero-order chi connectivity index (χ0) is 11.5. The number of hydrogen-bond donors (Lipinski definition) is 1. The van der Waals surface area contributed by atoms with Crippen LogP contribution in [-0.4, -0.2) is 23.0 Å². The lowest BCUT2D eigenvalue weighted by Crippen LogP contribution is -2.36. The molecule has 0 spiro atoms. The predicted octanol–water partition coefficient (Wildman–Crippen LogP) is 0.783. The Morgan fingerprint density at radius 2 is 2.06 bits per heavy atom. The number of nitrogens with zero attached hydrogens (tertiary/aromatic N) is 3. The van der Waals surface area contributed by atoms with Crippen molar-refractivity contribution in [3.63, 3.8) is 0 Å². The highest BCUT2D eigenvalue weighted by Gasteiger charge is 2.16. The van der Waals surface area contributed by atoms with Crippen molar-refractivity contribution in [1.29, 1.82) is 0 Å². The Balaban J connectivity index is 2.11. The van der Waals surface area contributed by atoms with Crippen LogP contribution in [0.1, 0.15) is 30.7 Å². The predicted molar refractivity (Wildman–Crippen MR) is 63.7 cm³/mol. The molecule has 1 aromatic heterocycles. The van der Waals surface area contributed by atoms with Gasteiger partial charge < -0.3 is 5.73 Å². The first-order chi connectivity index (χ1) is 7.66. The van der Waals surface area contributed by atoms with E-state index < -0.39 is 0 Å². The molecule has 4 nitrogen and oxygen atoms in total. The molecule has 4 heteroatoms. The smallest absolute Gasteiger partial charge is 0.297 e. The summed E-state index contributed by atoms with van der Waals surface area (Å²) in [4.78, 5) is 6.82. The molecule has 1 aliphatic rings. The summed E-state index contributed by atoms with van der Waals surface area (Å²) in [6.07, 6.45) is 6.09. The van der Waals surface area contributed by atoms with Gasteiger partial charge in [-0.1, -0.05) is 6.42 Å². The van der Waals surface area contributed by atoms with Gasteiger partial charge >= 0.3 is 0 Å². The van der Waals surface area contributed by atoms with Gasteiger partial charge in [0.05, 0.1) is 12.6 Å². The molecule has 1 saturated heterocycles. The van der Waals surface area contributed by atoms with E-state index >= 15 is 0 Å². The second-order valence-corrected chi connectivity index (χ2v) is 4.65. The number of nitrogen functional groups attached to an aromatic ring is 1. The molecule has 0 aromatic carbocycles. The average molecular weight is 221 g/mol. The van der Waals surface area contributed by atoms with Crippen molar-refractivity contribution in [3.8, 4) is 0 Å². The van der Waals surface area contributed by atoms with Crippen molar-refractivity contribution in [2.75, 3.05) is 18.8 Å². The molecule has 0 atom stereocenters. The molecule has 16 heavy (non-hydrogen) atoms. The molecule has 2 rings (SSSR count). The van der Waals surface area contributed by atoms with E-state index in [9.17, 15) is 0 Å². The molecule has 1 aromatic rings. The maximum absolute atomic E-state index is 5.96. The Morgan fingerprint density at radius 1 is 1.38 bits per heavy atom. The minimum Gasteiger partial charge on any atom is -0.363 e. The van der Waals surface area contributed by atoms with Gasteiger partial charge in [0.1, 0.15) is 6.20 Å². The molecule has 2 N–H and O–H groups in total. The van der Waals surface area contributed by atoms with Crippen molar-refractivity contribution in [2.45, 2.75) is 32.7 Å². The summed E-state index contributed by atoms with van der Waals surface area (Å²) in [7, 11) is 2.02. The van der Waals surface area contributed by atoms with Crippen LogP contribution in [0.2, 0.25) is 0 Å². The highest BCUT2D eigenvalue weighted by atomic mass is 15.1. The Morgan fingerprint density at radius 3 is 2.75 bits per heavy atom. The van der Waals surface area contributed by atoms with E-state index in [1.165, 1.54) is 32.4 Å². The summed E-state index contributed by atoms with van der Waals surface area (Å²) < 4.78 is 2.04. The first-order valence-electron chi connectivity index (χ1n) is 6.01. The van der Waals surface area contributed by atoms with Crippen LogP contribution in [0.3, 0.4) is 0 Å². The average Bonchev–Trinajstić information content (AvgIpc) is 2.27. The van der Waals surface area contributed by atoms with Crippen molar-refractivity contribution in [3.05, 3.63) is 17.6 Å². The zero-order valence-corrected chi connectivity index (χ0v) is 10.2. The summed E-state index contributed by atoms with van der Waals surface area (Å²) in [6, 6.07) is 0. The summed E-state index contributed by atoms with van der Waals surface area (Å²) in [5.41, 5.74) is 7.10. The number of aromatic nitrogens is 2. The summed E-state index contributed by atoms with van der Waals surface area (Å²) >= 11 is 0. The van der Waals surface area contributed by atoms with Crippen molar-refractivity contribution in [2.24, 2.45) is 7.05 Å². The highest BCUT2D eigenvalue weighted by molar-refractivity contribution is 5.35. The van der Waals surface area contributed by atoms with E-state index in [4.69, 9.17) is 5.73 Å². The molecule has 88 valence electrons. The van der Waals surface area contributed by atoms with Crippen LogP contribution in [0, 0.1) is 6.92 Å². The number of aryl methyl sites for hydroxylation is 2. The number of likely N-dealkylation sites (tertiary alicyclic amines) is 1. The number of piperidine rings is 1. The van der Waals surface area contributed by atoms with Gasteiger partial charge in [-0.25, -0.2) is 4.57 Å². The van der Waals surface area contributed by atoms with Crippen molar-refractivity contribution < 1.29 is 4.57 Å². The van der Waals surface area contributed by atoms with Crippen molar-refractivity contribution in [1.82, 2.24) is 9.88 Å². The van der Waals surface area contributed by atoms with Gasteiger partial charge in [-0.05, 0) is 30.9 Å². The molecule has 1 aliphatic heterocycles. The van der Waals surface area contributed by atoms with Gasteiger partial charge in [0, 0.05) is 13.5 Å². The molecule has 0 saturated carbocycles. The topological polar surface area (TPSA) is 46.0 Å². The molecule has 0 aliphatic carbocycles. The number of rotatable bonds is 2. The molecular formula is C12H21N4+. The van der Waals surface area contributed by atoms with Gasteiger partial charge in [0.2, 0.25) is 5.82 Å². The fourth-order valence-corrected chi connectivity index (χ4v) is 2.20. The van der Waals surface area contributed by atoms with Crippen molar-refractivity contribution >= 4 is 5.82 Å². The first-order valence-corrected chi connectivity index (χ1v) is 6.01.